The van der Waals surface area contributed by atoms with Crippen LogP contribution in [0, 0.1) is 11.3 Å². The molecular formula is C13H24N2O3. The summed E-state index contributed by atoms with van der Waals surface area (Å²) in [6.45, 7) is 4.93. The number of aliphatic carboxylic acids is 1. The molecule has 0 aromatic carbocycles. The van der Waals surface area contributed by atoms with Gasteiger partial charge in [0.05, 0.1) is 0 Å². The van der Waals surface area contributed by atoms with E-state index in [9.17, 15) is 9.59 Å². The molecule has 1 fully saturated rings. The zero-order valence-electron chi connectivity index (χ0n) is 11.7. The lowest BCUT2D eigenvalue weighted by Crippen LogP contribution is -2.47. The Kier molecular flexibility index (Phi) is 4.73. The summed E-state index contributed by atoms with van der Waals surface area (Å²) in [5.74, 6) is -0.842. The van der Waals surface area contributed by atoms with Gasteiger partial charge in [0.25, 0.3) is 0 Å². The molecule has 1 saturated carbocycles. The predicted octanol–water partition coefficient (Wildman–Crippen LogP) is 0.944. The first-order valence-electron chi connectivity index (χ1n) is 6.47. The fourth-order valence-electron chi connectivity index (χ4n) is 2.18. The summed E-state index contributed by atoms with van der Waals surface area (Å²) in [5.41, 5.74) is -1.14. The van der Waals surface area contributed by atoms with Crippen molar-refractivity contribution in [2.75, 3.05) is 20.6 Å². The van der Waals surface area contributed by atoms with Crippen molar-refractivity contribution in [3.05, 3.63) is 0 Å². The maximum atomic E-state index is 12.0. The topological polar surface area (TPSA) is 69.6 Å². The largest absolute Gasteiger partial charge is 0.480 e. The van der Waals surface area contributed by atoms with Crippen molar-refractivity contribution in [3.8, 4) is 0 Å². The molecule has 5 heteroatoms. The molecule has 1 atom stereocenters. The molecule has 104 valence electrons. The Morgan fingerprint density at radius 3 is 2.22 bits per heavy atom. The number of carboxylic acids is 1. The predicted molar refractivity (Wildman–Crippen MR) is 69.2 cm³/mol. The second kappa shape index (κ2) is 5.69. The molecule has 0 radical (unpaired) electrons. The number of hydrogen-bond donors (Lipinski definition) is 2. The van der Waals surface area contributed by atoms with Crippen LogP contribution in [0.15, 0.2) is 0 Å². The van der Waals surface area contributed by atoms with Gasteiger partial charge >= 0.3 is 5.97 Å². The van der Waals surface area contributed by atoms with Gasteiger partial charge in [-0.2, -0.15) is 0 Å². The molecule has 0 saturated heterocycles. The quantitative estimate of drug-likeness (QED) is 0.665. The number of carbonyl (C=O) groups is 2. The first-order chi connectivity index (χ1) is 8.28. The number of nitrogens with zero attached hydrogens (tertiary/aromatic N) is 1. The van der Waals surface area contributed by atoms with E-state index >= 15 is 0 Å². The van der Waals surface area contributed by atoms with Crippen molar-refractivity contribution in [3.63, 3.8) is 0 Å². The maximum Gasteiger partial charge on any atom is 0.319 e. The van der Waals surface area contributed by atoms with Crippen LogP contribution in [0.3, 0.4) is 0 Å². The SMILES string of the molecule is CC(C)CC(CN(C)C)NC(=O)C1(C(=O)O)CC1. The van der Waals surface area contributed by atoms with Gasteiger partial charge < -0.3 is 15.3 Å². The highest BCUT2D eigenvalue weighted by Gasteiger charge is 2.57. The van der Waals surface area contributed by atoms with Gasteiger partial charge in [0.2, 0.25) is 5.91 Å². The van der Waals surface area contributed by atoms with Crippen molar-refractivity contribution in [2.24, 2.45) is 11.3 Å². The molecule has 1 amide bonds. The standard InChI is InChI=1S/C13H24N2O3/c1-9(2)7-10(8-15(3)4)14-11(16)13(5-6-13)12(17)18/h9-10H,5-8H2,1-4H3,(H,14,16)(H,17,18). The van der Waals surface area contributed by atoms with Crippen molar-refractivity contribution in [1.29, 1.82) is 0 Å². The monoisotopic (exact) mass is 256 g/mol. The zero-order valence-corrected chi connectivity index (χ0v) is 11.7. The summed E-state index contributed by atoms with van der Waals surface area (Å²) in [4.78, 5) is 25.1. The fourth-order valence-corrected chi connectivity index (χ4v) is 2.18. The van der Waals surface area contributed by atoms with E-state index in [1.165, 1.54) is 0 Å². The van der Waals surface area contributed by atoms with E-state index in [0.29, 0.717) is 18.8 Å². The molecule has 0 aromatic rings. The highest BCUT2D eigenvalue weighted by molar-refractivity contribution is 6.04. The first kappa shape index (κ1) is 15.0. The highest BCUT2D eigenvalue weighted by atomic mass is 16.4. The summed E-state index contributed by atoms with van der Waals surface area (Å²) in [6, 6.07) is 0.0179. The van der Waals surface area contributed by atoms with Crippen LogP contribution in [0.1, 0.15) is 33.1 Å². The minimum Gasteiger partial charge on any atom is -0.480 e. The number of likely N-dealkylation sites (N-methyl/N-ethyl adjacent to an activating group) is 1. The lowest BCUT2D eigenvalue weighted by molar-refractivity contribution is -0.149. The van der Waals surface area contributed by atoms with E-state index < -0.39 is 11.4 Å². The Balaban J connectivity index is 2.60. The van der Waals surface area contributed by atoms with Gasteiger partial charge in [-0.05, 0) is 39.3 Å². The third-order valence-electron chi connectivity index (χ3n) is 3.27. The zero-order chi connectivity index (χ0) is 13.9. The molecule has 0 spiro atoms. The van der Waals surface area contributed by atoms with Crippen LogP contribution >= 0.6 is 0 Å². The molecule has 5 nitrogen and oxygen atoms in total. The molecule has 1 rings (SSSR count). The number of hydrogen-bond acceptors (Lipinski definition) is 3. The minimum absolute atomic E-state index is 0.0179. The number of nitrogens with one attached hydrogen (secondary N) is 1. The van der Waals surface area contributed by atoms with E-state index in [0.717, 1.165) is 13.0 Å². The van der Waals surface area contributed by atoms with Crippen molar-refractivity contribution >= 4 is 11.9 Å². The van der Waals surface area contributed by atoms with Gasteiger partial charge in [0.1, 0.15) is 5.41 Å². The average molecular weight is 256 g/mol. The van der Waals surface area contributed by atoms with Crippen LogP contribution in [-0.4, -0.2) is 48.6 Å². The van der Waals surface area contributed by atoms with Crippen molar-refractivity contribution in [1.82, 2.24) is 10.2 Å². The molecule has 1 aliphatic carbocycles. The highest BCUT2D eigenvalue weighted by Crippen LogP contribution is 2.46. The second-order valence-corrected chi connectivity index (χ2v) is 5.95. The van der Waals surface area contributed by atoms with E-state index in [1.807, 2.05) is 19.0 Å². The van der Waals surface area contributed by atoms with Crippen LogP contribution < -0.4 is 5.32 Å². The van der Waals surface area contributed by atoms with E-state index in [2.05, 4.69) is 19.2 Å². The summed E-state index contributed by atoms with van der Waals surface area (Å²) in [6.07, 6.45) is 1.79. The third kappa shape index (κ3) is 3.70. The van der Waals surface area contributed by atoms with E-state index in [1.54, 1.807) is 0 Å². The number of carbonyl (C=O) groups excluding carboxylic acids is 1. The average Bonchev–Trinajstić information content (AvgIpc) is 2.94. The molecule has 0 aromatic heterocycles. The van der Waals surface area contributed by atoms with Gasteiger partial charge in [-0.25, -0.2) is 0 Å². The Labute approximate surface area is 109 Å². The Hall–Kier alpha value is -1.10. The molecule has 18 heavy (non-hydrogen) atoms. The third-order valence-corrected chi connectivity index (χ3v) is 3.27. The minimum atomic E-state index is -1.14. The van der Waals surface area contributed by atoms with Gasteiger partial charge in [-0.3, -0.25) is 9.59 Å². The summed E-state index contributed by atoms with van der Waals surface area (Å²) in [5, 5.41) is 12.0. The van der Waals surface area contributed by atoms with Crippen molar-refractivity contribution < 1.29 is 14.7 Å². The second-order valence-electron chi connectivity index (χ2n) is 5.95. The van der Waals surface area contributed by atoms with Gasteiger partial charge in [-0.15, -0.1) is 0 Å². The fraction of sp³-hybridized carbons (Fsp3) is 0.846. The molecule has 0 heterocycles. The summed E-state index contributed by atoms with van der Waals surface area (Å²) in [7, 11) is 3.90. The number of carboxylic acid groups (broad SMARTS) is 1. The lowest BCUT2D eigenvalue weighted by atomic mass is 10.0. The lowest BCUT2D eigenvalue weighted by Gasteiger charge is -2.25. The number of rotatable bonds is 7. The molecule has 2 N–H and O–H groups in total. The van der Waals surface area contributed by atoms with Crippen LogP contribution in [0.5, 0.6) is 0 Å². The van der Waals surface area contributed by atoms with Crippen LogP contribution in [0.4, 0.5) is 0 Å². The molecule has 0 bridgehead atoms. The van der Waals surface area contributed by atoms with Crippen LogP contribution in [-0.2, 0) is 9.59 Å². The normalized spacial score (nSPS) is 18.8. The Morgan fingerprint density at radius 1 is 1.33 bits per heavy atom. The Morgan fingerprint density at radius 2 is 1.89 bits per heavy atom. The van der Waals surface area contributed by atoms with Gasteiger partial charge in [0.15, 0.2) is 0 Å². The Bertz CT molecular complexity index is 312. The van der Waals surface area contributed by atoms with E-state index in [4.69, 9.17) is 5.11 Å². The summed E-state index contributed by atoms with van der Waals surface area (Å²) < 4.78 is 0. The maximum absolute atomic E-state index is 12.0. The van der Waals surface area contributed by atoms with Gasteiger partial charge in [0, 0.05) is 12.6 Å². The van der Waals surface area contributed by atoms with Crippen LogP contribution in [0.2, 0.25) is 0 Å². The smallest absolute Gasteiger partial charge is 0.319 e. The molecule has 1 unspecified atom stereocenters. The number of amides is 1. The van der Waals surface area contributed by atoms with Crippen molar-refractivity contribution in [2.45, 2.75) is 39.2 Å². The van der Waals surface area contributed by atoms with Crippen LogP contribution in [0.25, 0.3) is 0 Å². The van der Waals surface area contributed by atoms with Gasteiger partial charge in [-0.1, -0.05) is 13.8 Å². The molecule has 0 aliphatic heterocycles. The molecule has 1 aliphatic rings. The summed E-state index contributed by atoms with van der Waals surface area (Å²) >= 11 is 0. The van der Waals surface area contributed by atoms with E-state index in [-0.39, 0.29) is 11.9 Å². The first-order valence-corrected chi connectivity index (χ1v) is 6.47. The molecular weight excluding hydrogens is 232 g/mol.